The molecule has 0 aliphatic heterocycles. The van der Waals surface area contributed by atoms with Crippen molar-refractivity contribution in [3.63, 3.8) is 0 Å². The second kappa shape index (κ2) is 5.78. The summed E-state index contributed by atoms with van der Waals surface area (Å²) in [5, 5.41) is 2.49. The van der Waals surface area contributed by atoms with Crippen molar-refractivity contribution in [1.82, 2.24) is 0 Å². The summed E-state index contributed by atoms with van der Waals surface area (Å²) >= 11 is -1.21. The van der Waals surface area contributed by atoms with Crippen LogP contribution in [0.15, 0.2) is 42.5 Å². The van der Waals surface area contributed by atoms with Gasteiger partial charge in [0, 0.05) is 5.39 Å². The lowest BCUT2D eigenvalue weighted by molar-refractivity contribution is 0.541. The van der Waals surface area contributed by atoms with Crippen molar-refractivity contribution in [2.45, 2.75) is 37.3 Å². The summed E-state index contributed by atoms with van der Waals surface area (Å²) in [6.45, 7) is 9.12. The third kappa shape index (κ3) is 2.88. The molecule has 2 aromatic carbocycles. The van der Waals surface area contributed by atoms with Gasteiger partial charge in [0.15, 0.2) is 0 Å². The molecule has 0 amide bonds. The molecule has 2 heteroatoms. The maximum absolute atomic E-state index is 6.39. The standard InChI is InChI=1S/C10H8O.2C3H7.Al/c11-10-7-3-5-8-4-1-2-6-9(8)10;2*1-3-2;/h1-7,11H;2*3H,1-2H3;/q;;;+1/p-1. The van der Waals surface area contributed by atoms with E-state index in [0.717, 1.165) is 5.75 Å². The minimum Gasteiger partial charge on any atom is -0.642 e. The molecule has 94 valence electrons. The molecule has 0 aliphatic rings. The fourth-order valence-corrected chi connectivity index (χ4v) is 5.07. The molecular formula is C16H21AlO. The highest BCUT2D eigenvalue weighted by Gasteiger charge is 2.32. The fourth-order valence-electron chi connectivity index (χ4n) is 2.49. The molecule has 0 N–H and O–H groups in total. The number of fused-ring (bicyclic) bond motifs is 1. The molecule has 0 unspecified atom stereocenters. The monoisotopic (exact) mass is 256 g/mol. The van der Waals surface area contributed by atoms with E-state index in [0.29, 0.717) is 9.56 Å². The van der Waals surface area contributed by atoms with Gasteiger partial charge in [-0.3, -0.25) is 0 Å². The maximum atomic E-state index is 6.39. The van der Waals surface area contributed by atoms with Gasteiger partial charge >= 0.3 is 14.5 Å². The van der Waals surface area contributed by atoms with Crippen molar-refractivity contribution < 1.29 is 3.79 Å². The van der Waals surface area contributed by atoms with Crippen molar-refractivity contribution in [3.05, 3.63) is 42.5 Å². The summed E-state index contributed by atoms with van der Waals surface area (Å²) in [7, 11) is 0. The Labute approximate surface area is 115 Å². The second-order valence-electron chi connectivity index (χ2n) is 5.55. The topological polar surface area (TPSA) is 9.23 Å². The van der Waals surface area contributed by atoms with E-state index >= 15 is 0 Å². The number of hydrogen-bond acceptors (Lipinski definition) is 1. The Morgan fingerprint density at radius 2 is 1.44 bits per heavy atom. The second-order valence-corrected chi connectivity index (χ2v) is 9.38. The summed E-state index contributed by atoms with van der Waals surface area (Å²) < 4.78 is 7.70. The third-order valence-electron chi connectivity index (χ3n) is 3.33. The van der Waals surface area contributed by atoms with E-state index in [1.165, 1.54) is 10.8 Å². The summed E-state index contributed by atoms with van der Waals surface area (Å²) in [6.07, 6.45) is 0. The normalized spacial score (nSPS) is 11.2. The Bertz CT molecular complexity index is 506. The van der Waals surface area contributed by atoms with Crippen molar-refractivity contribution in [2.75, 3.05) is 0 Å². The summed E-state index contributed by atoms with van der Waals surface area (Å²) in [6, 6.07) is 14.8. The Morgan fingerprint density at radius 1 is 0.833 bits per heavy atom. The van der Waals surface area contributed by atoms with Crippen LogP contribution in [-0.4, -0.2) is 14.5 Å². The van der Waals surface area contributed by atoms with Gasteiger partial charge in [-0.05, 0) is 21.0 Å². The molecule has 0 saturated carbocycles. The van der Waals surface area contributed by atoms with Gasteiger partial charge in [0.2, 0.25) is 0 Å². The first kappa shape index (κ1) is 13.5. The molecule has 18 heavy (non-hydrogen) atoms. The van der Waals surface area contributed by atoms with Crippen molar-refractivity contribution in [1.29, 1.82) is 0 Å². The number of hydrogen-bond donors (Lipinski definition) is 0. The van der Waals surface area contributed by atoms with Gasteiger partial charge in [-0.2, -0.15) is 0 Å². The Kier molecular flexibility index (Phi) is 4.32. The molecule has 2 aromatic rings. The van der Waals surface area contributed by atoms with Crippen molar-refractivity contribution >= 4 is 25.3 Å². The van der Waals surface area contributed by atoms with Crippen LogP contribution >= 0.6 is 0 Å². The van der Waals surface area contributed by atoms with Gasteiger partial charge in [0.1, 0.15) is 0 Å². The van der Waals surface area contributed by atoms with Crippen LogP contribution in [0.5, 0.6) is 5.75 Å². The van der Waals surface area contributed by atoms with E-state index in [4.69, 9.17) is 3.79 Å². The predicted octanol–water partition coefficient (Wildman–Crippen LogP) is 5.03. The average molecular weight is 256 g/mol. The van der Waals surface area contributed by atoms with E-state index in [-0.39, 0.29) is 0 Å². The van der Waals surface area contributed by atoms with Crippen LogP contribution < -0.4 is 3.79 Å². The lowest BCUT2D eigenvalue weighted by Gasteiger charge is -2.22. The van der Waals surface area contributed by atoms with Crippen LogP contribution in [0.2, 0.25) is 9.56 Å². The Balaban J connectivity index is 2.36. The molecule has 0 bridgehead atoms. The molecule has 0 atom stereocenters. The van der Waals surface area contributed by atoms with Gasteiger partial charge in [0.25, 0.3) is 0 Å². The number of rotatable bonds is 4. The van der Waals surface area contributed by atoms with Crippen LogP contribution in [0.3, 0.4) is 0 Å². The predicted molar refractivity (Wildman–Crippen MR) is 80.5 cm³/mol. The average Bonchev–Trinajstić information content (AvgIpc) is 2.35. The fraction of sp³-hybridized carbons (Fsp3) is 0.375. The molecule has 0 spiro atoms. The largest absolute Gasteiger partial charge is 0.642 e. The van der Waals surface area contributed by atoms with Crippen LogP contribution in [0.1, 0.15) is 27.7 Å². The number of benzene rings is 2. The van der Waals surface area contributed by atoms with Crippen molar-refractivity contribution in [3.8, 4) is 5.75 Å². The molecule has 0 aromatic heterocycles. The van der Waals surface area contributed by atoms with Crippen LogP contribution in [0, 0.1) is 0 Å². The first-order valence-corrected chi connectivity index (χ1v) is 8.54. The summed E-state index contributed by atoms with van der Waals surface area (Å²) in [4.78, 5) is 0. The highest BCUT2D eigenvalue weighted by molar-refractivity contribution is 6.55. The first-order valence-electron chi connectivity index (χ1n) is 6.74. The van der Waals surface area contributed by atoms with Gasteiger partial charge in [-0.1, -0.05) is 64.1 Å². The molecule has 2 rings (SSSR count). The van der Waals surface area contributed by atoms with Gasteiger partial charge < -0.3 is 3.79 Å². The van der Waals surface area contributed by atoms with Crippen LogP contribution in [0.25, 0.3) is 10.8 Å². The quantitative estimate of drug-likeness (QED) is 0.697. The minimum absolute atomic E-state index is 0.656. The van der Waals surface area contributed by atoms with Crippen LogP contribution in [0.4, 0.5) is 0 Å². The Morgan fingerprint density at radius 3 is 2.11 bits per heavy atom. The third-order valence-corrected chi connectivity index (χ3v) is 6.48. The molecule has 0 saturated heterocycles. The van der Waals surface area contributed by atoms with E-state index < -0.39 is 14.5 Å². The maximum Gasteiger partial charge on any atom is 0.552 e. The minimum atomic E-state index is -1.21. The molecular weight excluding hydrogens is 235 g/mol. The van der Waals surface area contributed by atoms with E-state index in [2.05, 4.69) is 70.2 Å². The summed E-state index contributed by atoms with van der Waals surface area (Å²) in [5.41, 5.74) is 0. The van der Waals surface area contributed by atoms with Crippen molar-refractivity contribution in [2.24, 2.45) is 0 Å². The van der Waals surface area contributed by atoms with E-state index in [1.54, 1.807) is 0 Å². The van der Waals surface area contributed by atoms with Gasteiger partial charge in [0.05, 0.1) is 5.75 Å². The van der Waals surface area contributed by atoms with E-state index in [9.17, 15) is 0 Å². The molecule has 0 aliphatic carbocycles. The summed E-state index contributed by atoms with van der Waals surface area (Å²) in [5.74, 6) is 1.06. The van der Waals surface area contributed by atoms with E-state index in [1.807, 2.05) is 0 Å². The lowest BCUT2D eigenvalue weighted by atomic mass is 10.1. The molecule has 0 radical (unpaired) electrons. The Hall–Kier alpha value is -0.968. The first-order chi connectivity index (χ1) is 8.59. The SMILES string of the molecule is C[CH](C)[Al]([O]c1cccc2ccccc12)[CH](C)C. The molecule has 0 fully saturated rings. The van der Waals surface area contributed by atoms with Gasteiger partial charge in [-0.25, -0.2) is 0 Å². The zero-order valence-corrected chi connectivity index (χ0v) is 12.8. The zero-order chi connectivity index (χ0) is 13.1. The van der Waals surface area contributed by atoms with Gasteiger partial charge in [-0.15, -0.1) is 0 Å². The smallest absolute Gasteiger partial charge is 0.552 e. The molecule has 0 heterocycles. The highest BCUT2D eigenvalue weighted by Crippen LogP contribution is 2.29. The highest BCUT2D eigenvalue weighted by atomic mass is 27.2. The lowest BCUT2D eigenvalue weighted by Crippen LogP contribution is -2.28. The zero-order valence-electron chi connectivity index (χ0n) is 11.7. The van der Waals surface area contributed by atoms with Crippen LogP contribution in [-0.2, 0) is 0 Å². The molecule has 1 nitrogen and oxygen atoms in total.